The average molecular weight is 457 g/mol. The molecular formula is C20H28N2O6S2. The zero-order valence-electron chi connectivity index (χ0n) is 17.5. The van der Waals surface area contributed by atoms with Gasteiger partial charge in [-0.15, -0.1) is 11.3 Å². The number of aryl methyl sites for hydroxylation is 1. The molecule has 1 heterocycles. The number of rotatable bonds is 10. The fourth-order valence-corrected chi connectivity index (χ4v) is 4.97. The van der Waals surface area contributed by atoms with E-state index >= 15 is 0 Å². The molecule has 166 valence electrons. The van der Waals surface area contributed by atoms with Crippen LogP contribution in [0.5, 0.6) is 0 Å². The molecular weight excluding hydrogens is 428 g/mol. The lowest BCUT2D eigenvalue weighted by atomic mass is 9.95. The van der Waals surface area contributed by atoms with Gasteiger partial charge in [-0.2, -0.15) is 11.8 Å². The van der Waals surface area contributed by atoms with Crippen LogP contribution < -0.4 is 10.6 Å². The number of ether oxygens (including phenoxy) is 2. The molecule has 1 aromatic rings. The number of carbonyl (C=O) groups is 4. The first-order chi connectivity index (χ1) is 14.4. The van der Waals surface area contributed by atoms with Gasteiger partial charge in [-0.3, -0.25) is 9.59 Å². The summed E-state index contributed by atoms with van der Waals surface area (Å²) in [6.07, 6.45) is 5.98. The highest BCUT2D eigenvalue weighted by Crippen LogP contribution is 2.38. The van der Waals surface area contributed by atoms with Gasteiger partial charge >= 0.3 is 11.9 Å². The Hall–Kier alpha value is -2.07. The van der Waals surface area contributed by atoms with Crippen LogP contribution in [0.4, 0.5) is 5.00 Å². The zero-order chi connectivity index (χ0) is 22.1. The van der Waals surface area contributed by atoms with Crippen LogP contribution in [0, 0.1) is 0 Å². The first-order valence-corrected chi connectivity index (χ1v) is 12.1. The van der Waals surface area contributed by atoms with Crippen LogP contribution >= 0.6 is 23.1 Å². The Morgan fingerprint density at radius 3 is 2.57 bits per heavy atom. The number of esters is 2. The number of fused-ring (bicyclic) bond motifs is 1. The molecule has 0 spiro atoms. The Balaban J connectivity index is 2.03. The Bertz CT molecular complexity index is 793. The first-order valence-electron chi connectivity index (χ1n) is 9.91. The van der Waals surface area contributed by atoms with E-state index in [0.717, 1.165) is 36.1 Å². The van der Waals surface area contributed by atoms with Crippen LogP contribution in [-0.2, 0) is 36.7 Å². The van der Waals surface area contributed by atoms with E-state index in [4.69, 9.17) is 9.47 Å². The van der Waals surface area contributed by atoms with Crippen molar-refractivity contribution >= 4 is 51.9 Å². The lowest BCUT2D eigenvalue weighted by Gasteiger charge is -2.16. The monoisotopic (exact) mass is 456 g/mol. The average Bonchev–Trinajstić information content (AvgIpc) is 3.06. The number of thioether (sulfide) groups is 1. The Morgan fingerprint density at radius 1 is 1.17 bits per heavy atom. The fourth-order valence-electron chi connectivity index (χ4n) is 3.20. The molecule has 30 heavy (non-hydrogen) atoms. The Labute approximate surface area is 184 Å². The van der Waals surface area contributed by atoms with Gasteiger partial charge in [-0.05, 0) is 56.6 Å². The minimum Gasteiger partial charge on any atom is -0.462 e. The maximum Gasteiger partial charge on any atom is 0.341 e. The predicted molar refractivity (Wildman–Crippen MR) is 117 cm³/mol. The summed E-state index contributed by atoms with van der Waals surface area (Å²) >= 11 is 2.91. The number of anilines is 1. The van der Waals surface area contributed by atoms with Crippen molar-refractivity contribution in [3.8, 4) is 0 Å². The molecule has 0 bridgehead atoms. The highest BCUT2D eigenvalue weighted by molar-refractivity contribution is 7.98. The number of carbonyl (C=O) groups excluding carboxylic acids is 4. The molecule has 0 radical (unpaired) electrons. The van der Waals surface area contributed by atoms with Crippen molar-refractivity contribution in [2.75, 3.05) is 30.5 Å². The molecule has 10 heteroatoms. The van der Waals surface area contributed by atoms with Crippen LogP contribution in [0.15, 0.2) is 0 Å². The number of amides is 2. The third-order valence-electron chi connectivity index (χ3n) is 4.52. The number of hydrogen-bond acceptors (Lipinski definition) is 8. The van der Waals surface area contributed by atoms with E-state index in [1.165, 1.54) is 18.3 Å². The zero-order valence-corrected chi connectivity index (χ0v) is 19.1. The Kier molecular flexibility index (Phi) is 9.64. The summed E-state index contributed by atoms with van der Waals surface area (Å²) in [5.41, 5.74) is 1.35. The highest BCUT2D eigenvalue weighted by Gasteiger charge is 2.28. The van der Waals surface area contributed by atoms with Gasteiger partial charge in [-0.1, -0.05) is 0 Å². The van der Waals surface area contributed by atoms with Crippen molar-refractivity contribution in [2.24, 2.45) is 0 Å². The third kappa shape index (κ3) is 6.73. The summed E-state index contributed by atoms with van der Waals surface area (Å²) in [5, 5.41) is 5.67. The molecule has 0 aromatic carbocycles. The van der Waals surface area contributed by atoms with Crippen LogP contribution in [0.3, 0.4) is 0 Å². The second-order valence-electron chi connectivity index (χ2n) is 6.83. The second-order valence-corrected chi connectivity index (χ2v) is 8.92. The maximum absolute atomic E-state index is 12.4. The Morgan fingerprint density at radius 2 is 1.90 bits per heavy atom. The summed E-state index contributed by atoms with van der Waals surface area (Å²) < 4.78 is 10.3. The van der Waals surface area contributed by atoms with E-state index in [1.54, 1.807) is 18.7 Å². The van der Waals surface area contributed by atoms with Gasteiger partial charge in [0.05, 0.1) is 12.2 Å². The number of thiophene rings is 1. The lowest BCUT2D eigenvalue weighted by Crippen LogP contribution is -2.42. The van der Waals surface area contributed by atoms with Gasteiger partial charge in [0.25, 0.3) is 5.91 Å². The topological polar surface area (TPSA) is 111 Å². The van der Waals surface area contributed by atoms with Gasteiger partial charge in [0, 0.05) is 11.8 Å². The molecule has 1 aliphatic rings. The summed E-state index contributed by atoms with van der Waals surface area (Å²) in [6.45, 7) is 2.80. The predicted octanol–water partition coefficient (Wildman–Crippen LogP) is 2.54. The van der Waals surface area contributed by atoms with Crippen molar-refractivity contribution in [2.45, 2.75) is 52.0 Å². The minimum atomic E-state index is -0.799. The van der Waals surface area contributed by atoms with Crippen molar-refractivity contribution in [3.63, 3.8) is 0 Å². The molecule has 2 amide bonds. The standard InChI is InChI=1S/C20H28N2O6S2/c1-4-27-20(26)17-13-7-5-6-8-15(13)30-18(17)22-16(24)11-28-19(25)14(9-10-29-3)21-12(2)23/h14H,4-11H2,1-3H3,(H,21,23)(H,22,24)/t14-/m0/s1. The summed E-state index contributed by atoms with van der Waals surface area (Å²) in [6, 6.07) is -0.799. The molecule has 2 rings (SSSR count). The smallest absolute Gasteiger partial charge is 0.341 e. The SMILES string of the molecule is CCOC(=O)c1c(NC(=O)COC(=O)[C@H](CCSC)NC(C)=O)sc2c1CCCC2. The van der Waals surface area contributed by atoms with Crippen molar-refractivity contribution in [3.05, 3.63) is 16.0 Å². The quantitative estimate of drug-likeness (QED) is 0.521. The lowest BCUT2D eigenvalue weighted by molar-refractivity contribution is -0.150. The van der Waals surface area contributed by atoms with E-state index < -0.39 is 30.5 Å². The van der Waals surface area contributed by atoms with Crippen molar-refractivity contribution in [1.29, 1.82) is 0 Å². The molecule has 0 fully saturated rings. The molecule has 0 aliphatic heterocycles. The van der Waals surface area contributed by atoms with E-state index in [-0.39, 0.29) is 12.5 Å². The molecule has 8 nitrogen and oxygen atoms in total. The normalized spacial score (nSPS) is 13.7. The molecule has 0 saturated carbocycles. The summed E-state index contributed by atoms with van der Waals surface area (Å²) in [5.74, 6) is -1.34. The molecule has 0 saturated heterocycles. The van der Waals surface area contributed by atoms with E-state index in [1.807, 2.05) is 6.26 Å². The van der Waals surface area contributed by atoms with Gasteiger partial charge < -0.3 is 20.1 Å². The first kappa shape index (κ1) is 24.2. The molecule has 1 aliphatic carbocycles. The fraction of sp³-hybridized carbons (Fsp3) is 0.600. The maximum atomic E-state index is 12.4. The van der Waals surface area contributed by atoms with E-state index in [9.17, 15) is 19.2 Å². The van der Waals surface area contributed by atoms with Crippen LogP contribution in [0.25, 0.3) is 0 Å². The van der Waals surface area contributed by atoms with Gasteiger partial charge in [0.2, 0.25) is 5.91 Å². The number of nitrogens with one attached hydrogen (secondary N) is 2. The van der Waals surface area contributed by atoms with Crippen molar-refractivity contribution in [1.82, 2.24) is 5.32 Å². The highest BCUT2D eigenvalue weighted by atomic mass is 32.2. The summed E-state index contributed by atoms with van der Waals surface area (Å²) in [7, 11) is 0. The van der Waals surface area contributed by atoms with Gasteiger partial charge in [0.1, 0.15) is 11.0 Å². The van der Waals surface area contributed by atoms with E-state index in [0.29, 0.717) is 22.7 Å². The van der Waals surface area contributed by atoms with Gasteiger partial charge in [-0.25, -0.2) is 9.59 Å². The second kappa shape index (κ2) is 11.9. The van der Waals surface area contributed by atoms with E-state index in [2.05, 4.69) is 10.6 Å². The number of hydrogen-bond donors (Lipinski definition) is 2. The van der Waals surface area contributed by atoms with Crippen LogP contribution in [-0.4, -0.2) is 55.0 Å². The minimum absolute atomic E-state index is 0.245. The van der Waals surface area contributed by atoms with Crippen LogP contribution in [0.1, 0.15) is 53.9 Å². The molecule has 0 unspecified atom stereocenters. The third-order valence-corrected chi connectivity index (χ3v) is 6.37. The van der Waals surface area contributed by atoms with Crippen LogP contribution in [0.2, 0.25) is 0 Å². The van der Waals surface area contributed by atoms with Crippen molar-refractivity contribution < 1.29 is 28.7 Å². The largest absolute Gasteiger partial charge is 0.462 e. The molecule has 1 aromatic heterocycles. The summed E-state index contributed by atoms with van der Waals surface area (Å²) in [4.78, 5) is 49.5. The molecule has 2 N–H and O–H groups in total. The molecule has 1 atom stereocenters. The van der Waals surface area contributed by atoms with Gasteiger partial charge in [0.15, 0.2) is 6.61 Å².